The summed E-state index contributed by atoms with van der Waals surface area (Å²) in [6.07, 6.45) is 1.67. The third kappa shape index (κ3) is 1.68. The van der Waals surface area contributed by atoms with Gasteiger partial charge >= 0.3 is 0 Å². The molecule has 0 aliphatic carbocycles. The van der Waals surface area contributed by atoms with Crippen LogP contribution in [0.3, 0.4) is 0 Å². The average molecular weight is 152 g/mol. The summed E-state index contributed by atoms with van der Waals surface area (Å²) >= 11 is 0. The van der Waals surface area contributed by atoms with Crippen molar-refractivity contribution in [3.8, 4) is 5.75 Å². The van der Waals surface area contributed by atoms with E-state index in [1.807, 2.05) is 14.0 Å². The number of rotatable bonds is 2. The zero-order valence-corrected chi connectivity index (χ0v) is 6.70. The van der Waals surface area contributed by atoms with Crippen molar-refractivity contribution in [1.29, 1.82) is 0 Å². The quantitative estimate of drug-likeness (QED) is 0.666. The van der Waals surface area contributed by atoms with E-state index in [9.17, 15) is 5.11 Å². The standard InChI is InChI=1S/C8H12N2O/c1-6(9-2)8-7(11)4-3-5-10-8/h3-6,9,11H,1-2H3/t6-/m1/s1. The monoisotopic (exact) mass is 152 g/mol. The van der Waals surface area contributed by atoms with Crippen molar-refractivity contribution in [1.82, 2.24) is 10.3 Å². The van der Waals surface area contributed by atoms with Gasteiger partial charge in [0.1, 0.15) is 5.75 Å². The molecule has 0 amide bonds. The number of aromatic hydroxyl groups is 1. The Morgan fingerprint density at radius 3 is 2.91 bits per heavy atom. The first-order chi connectivity index (χ1) is 5.25. The van der Waals surface area contributed by atoms with Crippen LogP contribution in [0.25, 0.3) is 0 Å². The number of nitrogens with one attached hydrogen (secondary N) is 1. The van der Waals surface area contributed by atoms with E-state index in [1.165, 1.54) is 0 Å². The molecule has 0 spiro atoms. The molecular formula is C8H12N2O. The van der Waals surface area contributed by atoms with Gasteiger partial charge in [-0.25, -0.2) is 0 Å². The highest BCUT2D eigenvalue weighted by molar-refractivity contribution is 5.27. The van der Waals surface area contributed by atoms with Crippen LogP contribution in [0, 0.1) is 0 Å². The second kappa shape index (κ2) is 3.34. The van der Waals surface area contributed by atoms with E-state index in [2.05, 4.69) is 10.3 Å². The average Bonchev–Trinajstić information content (AvgIpc) is 2.04. The van der Waals surface area contributed by atoms with Gasteiger partial charge in [-0.1, -0.05) is 0 Å². The van der Waals surface area contributed by atoms with Gasteiger partial charge in [0, 0.05) is 6.20 Å². The SMILES string of the molecule is CN[C@H](C)c1ncccc1O. The van der Waals surface area contributed by atoms with Gasteiger partial charge in [0.25, 0.3) is 0 Å². The number of pyridine rings is 1. The van der Waals surface area contributed by atoms with Gasteiger partial charge in [0.2, 0.25) is 0 Å². The molecule has 0 fully saturated rings. The second-order valence-corrected chi connectivity index (χ2v) is 2.42. The van der Waals surface area contributed by atoms with E-state index >= 15 is 0 Å². The van der Waals surface area contributed by atoms with Gasteiger partial charge in [-0.3, -0.25) is 4.98 Å². The highest BCUT2D eigenvalue weighted by Gasteiger charge is 2.07. The molecule has 0 aromatic carbocycles. The summed E-state index contributed by atoms with van der Waals surface area (Å²) in [6, 6.07) is 3.44. The van der Waals surface area contributed by atoms with E-state index < -0.39 is 0 Å². The molecule has 1 aromatic rings. The summed E-state index contributed by atoms with van der Waals surface area (Å²) in [4.78, 5) is 4.04. The molecule has 0 bridgehead atoms. The maximum atomic E-state index is 9.31. The van der Waals surface area contributed by atoms with Crippen molar-refractivity contribution < 1.29 is 5.11 Å². The first-order valence-corrected chi connectivity index (χ1v) is 3.57. The molecule has 1 aromatic heterocycles. The van der Waals surface area contributed by atoms with Crippen LogP contribution in [0.1, 0.15) is 18.7 Å². The Bertz CT molecular complexity index is 237. The van der Waals surface area contributed by atoms with Crippen LogP contribution in [0.15, 0.2) is 18.3 Å². The molecule has 0 radical (unpaired) electrons. The first-order valence-electron chi connectivity index (χ1n) is 3.57. The molecule has 11 heavy (non-hydrogen) atoms. The number of hydrogen-bond donors (Lipinski definition) is 2. The van der Waals surface area contributed by atoms with Crippen LogP contribution in [-0.4, -0.2) is 17.1 Å². The Kier molecular flexibility index (Phi) is 2.44. The fraction of sp³-hybridized carbons (Fsp3) is 0.375. The smallest absolute Gasteiger partial charge is 0.138 e. The van der Waals surface area contributed by atoms with Crippen LogP contribution in [0.5, 0.6) is 5.75 Å². The number of nitrogens with zero attached hydrogens (tertiary/aromatic N) is 1. The van der Waals surface area contributed by atoms with Crippen LogP contribution in [0.4, 0.5) is 0 Å². The van der Waals surface area contributed by atoms with Crippen LogP contribution in [0.2, 0.25) is 0 Å². The van der Waals surface area contributed by atoms with Crippen molar-refractivity contribution >= 4 is 0 Å². The fourth-order valence-corrected chi connectivity index (χ4v) is 0.879. The maximum Gasteiger partial charge on any atom is 0.138 e. The van der Waals surface area contributed by atoms with E-state index in [-0.39, 0.29) is 11.8 Å². The number of aromatic nitrogens is 1. The molecule has 1 rings (SSSR count). The zero-order valence-electron chi connectivity index (χ0n) is 6.70. The lowest BCUT2D eigenvalue weighted by atomic mass is 10.2. The van der Waals surface area contributed by atoms with Crippen molar-refractivity contribution in [3.63, 3.8) is 0 Å². The molecular weight excluding hydrogens is 140 g/mol. The van der Waals surface area contributed by atoms with Gasteiger partial charge in [-0.15, -0.1) is 0 Å². The van der Waals surface area contributed by atoms with Gasteiger partial charge in [0.05, 0.1) is 11.7 Å². The van der Waals surface area contributed by atoms with Crippen molar-refractivity contribution in [3.05, 3.63) is 24.0 Å². The lowest BCUT2D eigenvalue weighted by molar-refractivity contribution is 0.451. The summed E-state index contributed by atoms with van der Waals surface area (Å²) in [6.45, 7) is 1.95. The Morgan fingerprint density at radius 1 is 1.64 bits per heavy atom. The molecule has 0 unspecified atom stereocenters. The van der Waals surface area contributed by atoms with Gasteiger partial charge < -0.3 is 10.4 Å². The molecule has 60 valence electrons. The van der Waals surface area contributed by atoms with Crippen molar-refractivity contribution in [2.45, 2.75) is 13.0 Å². The number of hydrogen-bond acceptors (Lipinski definition) is 3. The van der Waals surface area contributed by atoms with Crippen molar-refractivity contribution in [2.24, 2.45) is 0 Å². The molecule has 0 aliphatic rings. The lowest BCUT2D eigenvalue weighted by Gasteiger charge is -2.09. The van der Waals surface area contributed by atoms with E-state index in [1.54, 1.807) is 18.3 Å². The molecule has 3 heteroatoms. The molecule has 0 aliphatic heterocycles. The minimum atomic E-state index is 0.0937. The molecule has 0 saturated carbocycles. The molecule has 1 atom stereocenters. The zero-order chi connectivity index (χ0) is 8.27. The fourth-order valence-electron chi connectivity index (χ4n) is 0.879. The molecule has 1 heterocycles. The normalized spacial score (nSPS) is 12.9. The summed E-state index contributed by atoms with van der Waals surface area (Å²) in [5.41, 5.74) is 0.690. The summed E-state index contributed by atoms with van der Waals surface area (Å²) in [7, 11) is 1.83. The minimum Gasteiger partial charge on any atom is -0.506 e. The summed E-state index contributed by atoms with van der Waals surface area (Å²) in [5.74, 6) is 0.245. The van der Waals surface area contributed by atoms with Crippen LogP contribution < -0.4 is 5.32 Å². The Morgan fingerprint density at radius 2 is 2.36 bits per heavy atom. The third-order valence-corrected chi connectivity index (χ3v) is 1.66. The third-order valence-electron chi connectivity index (χ3n) is 1.66. The summed E-state index contributed by atoms with van der Waals surface area (Å²) in [5, 5.41) is 12.3. The Hall–Kier alpha value is -1.09. The van der Waals surface area contributed by atoms with E-state index in [0.717, 1.165) is 0 Å². The molecule has 3 nitrogen and oxygen atoms in total. The Labute approximate surface area is 66.1 Å². The van der Waals surface area contributed by atoms with E-state index in [4.69, 9.17) is 0 Å². The second-order valence-electron chi connectivity index (χ2n) is 2.42. The van der Waals surface area contributed by atoms with Gasteiger partial charge in [-0.2, -0.15) is 0 Å². The molecule has 2 N–H and O–H groups in total. The van der Waals surface area contributed by atoms with Crippen molar-refractivity contribution in [2.75, 3.05) is 7.05 Å². The van der Waals surface area contributed by atoms with Gasteiger partial charge in [-0.05, 0) is 26.1 Å². The highest BCUT2D eigenvalue weighted by Crippen LogP contribution is 2.19. The Balaban J connectivity index is 2.93. The predicted molar refractivity (Wildman–Crippen MR) is 43.4 cm³/mol. The lowest BCUT2D eigenvalue weighted by Crippen LogP contribution is -2.13. The van der Waals surface area contributed by atoms with E-state index in [0.29, 0.717) is 5.69 Å². The van der Waals surface area contributed by atoms with Crippen LogP contribution in [-0.2, 0) is 0 Å². The van der Waals surface area contributed by atoms with Gasteiger partial charge in [0.15, 0.2) is 0 Å². The largest absolute Gasteiger partial charge is 0.506 e. The first kappa shape index (κ1) is 8.01. The topological polar surface area (TPSA) is 45.2 Å². The molecule has 0 saturated heterocycles. The minimum absolute atomic E-state index is 0.0937. The predicted octanol–water partition coefficient (Wildman–Crippen LogP) is 1.07. The summed E-state index contributed by atoms with van der Waals surface area (Å²) < 4.78 is 0. The maximum absolute atomic E-state index is 9.31. The van der Waals surface area contributed by atoms with Crippen LogP contribution >= 0.6 is 0 Å². The highest BCUT2D eigenvalue weighted by atomic mass is 16.3.